The van der Waals surface area contributed by atoms with Crippen molar-refractivity contribution in [3.8, 4) is 28.6 Å². The first-order valence-corrected chi connectivity index (χ1v) is 9.62. The van der Waals surface area contributed by atoms with E-state index in [2.05, 4.69) is 0 Å². The lowest BCUT2D eigenvalue weighted by atomic mass is 10.00. The molecule has 1 aromatic heterocycles. The van der Waals surface area contributed by atoms with Crippen LogP contribution in [0.5, 0.6) is 17.2 Å². The molecule has 9 nitrogen and oxygen atoms in total. The summed E-state index contributed by atoms with van der Waals surface area (Å²) in [6.07, 6.45) is -6.38. The number of hydrogen-bond donors (Lipinski definition) is 4. The molecule has 0 saturated carbocycles. The first-order valence-electron chi connectivity index (χ1n) is 9.62. The molecular formula is C22H22O9. The summed E-state index contributed by atoms with van der Waals surface area (Å²) in [7, 11) is 1.34. The molecule has 5 atom stereocenters. The molecule has 2 aromatic carbocycles. The maximum Gasteiger partial charge on any atom is 0.235 e. The number of aliphatic hydroxyl groups excluding tert-OH is 3. The molecular weight excluding hydrogens is 408 g/mol. The van der Waals surface area contributed by atoms with E-state index in [1.807, 2.05) is 0 Å². The summed E-state index contributed by atoms with van der Waals surface area (Å²) in [5, 5.41) is 40.5. The van der Waals surface area contributed by atoms with Crippen molar-refractivity contribution in [3.63, 3.8) is 0 Å². The fraction of sp³-hybridized carbons (Fsp3) is 0.318. The number of benzene rings is 2. The number of ether oxygens (including phenoxy) is 3. The molecule has 0 bridgehead atoms. The van der Waals surface area contributed by atoms with Gasteiger partial charge in [0, 0.05) is 5.56 Å². The first kappa shape index (κ1) is 21.1. The van der Waals surface area contributed by atoms with E-state index in [0.29, 0.717) is 5.56 Å². The largest absolute Gasteiger partial charge is 0.502 e. The van der Waals surface area contributed by atoms with Crippen LogP contribution < -0.4 is 14.9 Å². The van der Waals surface area contributed by atoms with E-state index >= 15 is 0 Å². The number of hydrogen-bond acceptors (Lipinski definition) is 9. The van der Waals surface area contributed by atoms with Gasteiger partial charge in [0.15, 0.2) is 17.1 Å². The number of methoxy groups -OCH3 is 1. The smallest absolute Gasteiger partial charge is 0.235 e. The van der Waals surface area contributed by atoms with Crippen LogP contribution in [0, 0.1) is 0 Å². The molecule has 1 saturated heterocycles. The lowest BCUT2D eigenvalue weighted by Gasteiger charge is -2.39. The monoisotopic (exact) mass is 430 g/mol. The SMILES string of the molecule is COc1c(O[C@@H]2OC(C)[C@H](O)C(O)[C@@H]2O)ccc2c(=O)c(O)c(-c3ccccc3)oc12. The molecule has 1 aliphatic rings. The average molecular weight is 430 g/mol. The van der Waals surface area contributed by atoms with Crippen molar-refractivity contribution < 1.29 is 39.1 Å². The molecule has 0 spiro atoms. The van der Waals surface area contributed by atoms with Crippen LogP contribution in [0.1, 0.15) is 6.92 Å². The molecule has 3 aromatic rings. The number of aromatic hydroxyl groups is 1. The molecule has 0 amide bonds. The Hall–Kier alpha value is -3.11. The highest BCUT2D eigenvalue weighted by Gasteiger charge is 2.43. The van der Waals surface area contributed by atoms with Gasteiger partial charge in [0.25, 0.3) is 0 Å². The Kier molecular flexibility index (Phi) is 5.59. The van der Waals surface area contributed by atoms with Gasteiger partial charge in [-0.1, -0.05) is 30.3 Å². The summed E-state index contributed by atoms with van der Waals surface area (Å²) >= 11 is 0. The standard InChI is InChI=1S/C22H22O9/c1-10-14(23)16(25)18(27)22(29-10)30-13-9-8-12-15(24)17(26)19(11-6-4-3-5-7-11)31-20(12)21(13)28-2/h3-10,14,16,18,22-23,25-27H,1-2H3/t10?,14-,16?,18-,22-/m0/s1. The summed E-state index contributed by atoms with van der Waals surface area (Å²) in [6.45, 7) is 1.53. The van der Waals surface area contributed by atoms with Crippen molar-refractivity contribution in [3.05, 3.63) is 52.7 Å². The molecule has 0 radical (unpaired) electrons. The first-order chi connectivity index (χ1) is 14.8. The van der Waals surface area contributed by atoms with Crippen molar-refractivity contribution in [1.82, 2.24) is 0 Å². The molecule has 4 rings (SSSR count). The topological polar surface area (TPSA) is 139 Å². The van der Waals surface area contributed by atoms with Crippen LogP contribution in [-0.2, 0) is 4.74 Å². The Labute approximate surface area is 176 Å². The zero-order valence-corrected chi connectivity index (χ0v) is 16.8. The van der Waals surface area contributed by atoms with Crippen molar-refractivity contribution in [2.24, 2.45) is 0 Å². The molecule has 4 N–H and O–H groups in total. The van der Waals surface area contributed by atoms with E-state index in [-0.39, 0.29) is 28.2 Å². The molecule has 164 valence electrons. The quantitative estimate of drug-likeness (QED) is 0.483. The molecule has 2 heterocycles. The lowest BCUT2D eigenvalue weighted by molar-refractivity contribution is -0.268. The Morgan fingerprint density at radius 1 is 0.968 bits per heavy atom. The van der Waals surface area contributed by atoms with Gasteiger partial charge in [-0.05, 0) is 19.1 Å². The Morgan fingerprint density at radius 2 is 1.68 bits per heavy atom. The molecule has 1 aliphatic heterocycles. The Morgan fingerprint density at radius 3 is 2.35 bits per heavy atom. The van der Waals surface area contributed by atoms with Crippen LogP contribution in [0.15, 0.2) is 51.7 Å². The van der Waals surface area contributed by atoms with E-state index in [1.165, 1.54) is 26.2 Å². The van der Waals surface area contributed by atoms with Gasteiger partial charge in [-0.2, -0.15) is 0 Å². The number of rotatable bonds is 4. The predicted molar refractivity (Wildman–Crippen MR) is 109 cm³/mol. The van der Waals surface area contributed by atoms with Crippen LogP contribution in [-0.4, -0.2) is 58.2 Å². The summed E-state index contributed by atoms with van der Waals surface area (Å²) in [5.41, 5.74) is -0.129. The van der Waals surface area contributed by atoms with Gasteiger partial charge in [0.2, 0.25) is 23.2 Å². The zero-order chi connectivity index (χ0) is 22.3. The van der Waals surface area contributed by atoms with Gasteiger partial charge >= 0.3 is 0 Å². The highest BCUT2D eigenvalue weighted by molar-refractivity contribution is 5.88. The van der Waals surface area contributed by atoms with Crippen molar-refractivity contribution in [1.29, 1.82) is 0 Å². The summed E-state index contributed by atoms with van der Waals surface area (Å²) in [6, 6.07) is 11.4. The van der Waals surface area contributed by atoms with Gasteiger partial charge in [-0.25, -0.2) is 0 Å². The Balaban J connectivity index is 1.81. The highest BCUT2D eigenvalue weighted by Crippen LogP contribution is 2.40. The van der Waals surface area contributed by atoms with Gasteiger partial charge in [0.1, 0.15) is 18.3 Å². The van der Waals surface area contributed by atoms with Crippen LogP contribution in [0.25, 0.3) is 22.3 Å². The maximum atomic E-state index is 12.7. The predicted octanol–water partition coefficient (Wildman–Crippen LogP) is 1.38. The van der Waals surface area contributed by atoms with Crippen molar-refractivity contribution in [2.45, 2.75) is 37.6 Å². The van der Waals surface area contributed by atoms with Crippen molar-refractivity contribution >= 4 is 11.0 Å². The third kappa shape index (κ3) is 3.61. The fourth-order valence-electron chi connectivity index (χ4n) is 3.51. The highest BCUT2D eigenvalue weighted by atomic mass is 16.7. The van der Waals surface area contributed by atoms with E-state index < -0.39 is 41.9 Å². The third-order valence-corrected chi connectivity index (χ3v) is 5.25. The average Bonchev–Trinajstić information content (AvgIpc) is 2.78. The van der Waals surface area contributed by atoms with Crippen LogP contribution in [0.3, 0.4) is 0 Å². The maximum absolute atomic E-state index is 12.7. The third-order valence-electron chi connectivity index (χ3n) is 5.25. The minimum absolute atomic E-state index is 0.0283. The zero-order valence-electron chi connectivity index (χ0n) is 16.8. The minimum atomic E-state index is -1.53. The molecule has 9 heteroatoms. The van der Waals surface area contributed by atoms with Crippen molar-refractivity contribution in [2.75, 3.05) is 7.11 Å². The minimum Gasteiger partial charge on any atom is -0.502 e. The fourth-order valence-corrected chi connectivity index (χ4v) is 3.51. The van der Waals surface area contributed by atoms with E-state index in [1.54, 1.807) is 30.3 Å². The molecule has 0 aliphatic carbocycles. The lowest BCUT2D eigenvalue weighted by Crippen LogP contribution is -2.58. The number of fused-ring (bicyclic) bond motifs is 1. The molecule has 31 heavy (non-hydrogen) atoms. The summed E-state index contributed by atoms with van der Waals surface area (Å²) in [4.78, 5) is 12.7. The second kappa shape index (κ2) is 8.20. The Bertz CT molecular complexity index is 1140. The summed E-state index contributed by atoms with van der Waals surface area (Å²) < 4.78 is 22.4. The van der Waals surface area contributed by atoms with Crippen LogP contribution >= 0.6 is 0 Å². The summed E-state index contributed by atoms with van der Waals surface area (Å²) in [5.74, 6) is -0.459. The van der Waals surface area contributed by atoms with E-state index in [4.69, 9.17) is 18.6 Å². The van der Waals surface area contributed by atoms with E-state index in [0.717, 1.165) is 0 Å². The molecule has 1 fully saturated rings. The van der Waals surface area contributed by atoms with Gasteiger partial charge < -0.3 is 39.1 Å². The second-order valence-corrected chi connectivity index (χ2v) is 7.25. The van der Waals surface area contributed by atoms with Gasteiger partial charge in [-0.3, -0.25) is 4.79 Å². The van der Waals surface area contributed by atoms with Crippen LogP contribution in [0.4, 0.5) is 0 Å². The number of aliphatic hydroxyl groups is 3. The van der Waals surface area contributed by atoms with Gasteiger partial charge in [0.05, 0.1) is 18.6 Å². The van der Waals surface area contributed by atoms with Gasteiger partial charge in [-0.15, -0.1) is 0 Å². The van der Waals surface area contributed by atoms with Crippen LogP contribution in [0.2, 0.25) is 0 Å². The normalized spacial score (nSPS) is 26.0. The van der Waals surface area contributed by atoms with E-state index in [9.17, 15) is 25.2 Å². The molecule has 2 unspecified atom stereocenters. The second-order valence-electron chi connectivity index (χ2n) is 7.25.